The molecule has 10 nitrogen and oxygen atoms in total. The van der Waals surface area contributed by atoms with E-state index in [-0.39, 0.29) is 0 Å². The molecular formula is C23H27N9O. The lowest BCUT2D eigenvalue weighted by molar-refractivity contribution is 0.337. The maximum absolute atomic E-state index is 5.30. The van der Waals surface area contributed by atoms with Gasteiger partial charge in [0.05, 0.1) is 7.11 Å². The van der Waals surface area contributed by atoms with Gasteiger partial charge in [0.2, 0.25) is 29.8 Å². The molecule has 2 fully saturated rings. The third kappa shape index (κ3) is 3.79. The van der Waals surface area contributed by atoms with Crippen LogP contribution in [0.1, 0.15) is 44.1 Å². The molecule has 0 radical (unpaired) electrons. The first kappa shape index (κ1) is 20.1. The Hall–Kier alpha value is -3.56. The third-order valence-electron chi connectivity index (χ3n) is 6.44. The van der Waals surface area contributed by atoms with Gasteiger partial charge in [0.25, 0.3) is 0 Å². The Morgan fingerprint density at radius 1 is 0.576 bits per heavy atom. The SMILES string of the molecule is COc1ccc(C2=NC3=NC(N4CCCCC4)=NC4=NC(N5CCCCC5)=NC(=N2)N34)cc1. The molecular weight excluding hydrogens is 418 g/mol. The number of benzene rings is 1. The fourth-order valence-electron chi connectivity index (χ4n) is 4.61. The highest BCUT2D eigenvalue weighted by Gasteiger charge is 2.37. The highest BCUT2D eigenvalue weighted by atomic mass is 16.5. The van der Waals surface area contributed by atoms with Crippen LogP contribution in [0.5, 0.6) is 5.75 Å². The van der Waals surface area contributed by atoms with Crippen molar-refractivity contribution in [1.82, 2.24) is 14.7 Å². The molecule has 0 aromatic heterocycles. The number of hydrogen-bond acceptors (Lipinski definition) is 10. The van der Waals surface area contributed by atoms with Crippen LogP contribution in [-0.2, 0) is 0 Å². The fraction of sp³-hybridized carbons (Fsp3) is 0.478. The van der Waals surface area contributed by atoms with Gasteiger partial charge in [0.1, 0.15) is 5.75 Å². The van der Waals surface area contributed by atoms with Gasteiger partial charge in [-0.05, 0) is 62.8 Å². The van der Waals surface area contributed by atoms with Crippen molar-refractivity contribution in [3.8, 4) is 5.75 Å². The molecule has 5 aliphatic heterocycles. The lowest BCUT2D eigenvalue weighted by atomic mass is 10.1. The second-order valence-corrected chi connectivity index (χ2v) is 8.65. The molecule has 0 bridgehead atoms. The summed E-state index contributed by atoms with van der Waals surface area (Å²) >= 11 is 0. The van der Waals surface area contributed by atoms with Crippen molar-refractivity contribution >= 4 is 35.6 Å². The van der Waals surface area contributed by atoms with Crippen LogP contribution in [-0.4, -0.2) is 83.6 Å². The summed E-state index contributed by atoms with van der Waals surface area (Å²) in [4.78, 5) is 35.1. The first-order valence-electron chi connectivity index (χ1n) is 11.7. The van der Waals surface area contributed by atoms with Gasteiger partial charge in [0, 0.05) is 31.7 Å². The highest BCUT2D eigenvalue weighted by Crippen LogP contribution is 2.23. The lowest BCUT2D eigenvalue weighted by Crippen LogP contribution is -2.52. The summed E-state index contributed by atoms with van der Waals surface area (Å²) < 4.78 is 5.30. The van der Waals surface area contributed by atoms with Gasteiger partial charge in [0.15, 0.2) is 5.84 Å². The molecule has 1 aromatic rings. The van der Waals surface area contributed by atoms with E-state index in [1.807, 2.05) is 24.3 Å². The summed E-state index contributed by atoms with van der Waals surface area (Å²) in [6.45, 7) is 3.80. The average molecular weight is 446 g/mol. The van der Waals surface area contributed by atoms with Gasteiger partial charge in [-0.1, -0.05) is 0 Å². The minimum atomic E-state index is 0.515. The van der Waals surface area contributed by atoms with E-state index < -0.39 is 0 Å². The number of nitrogens with zero attached hydrogens (tertiary/aromatic N) is 9. The van der Waals surface area contributed by atoms with E-state index in [0.717, 1.165) is 63.2 Å². The van der Waals surface area contributed by atoms with E-state index in [1.165, 1.54) is 12.8 Å². The zero-order valence-electron chi connectivity index (χ0n) is 18.8. The van der Waals surface area contributed by atoms with Crippen LogP contribution < -0.4 is 4.74 Å². The Morgan fingerprint density at radius 2 is 1.06 bits per heavy atom. The van der Waals surface area contributed by atoms with Crippen LogP contribution in [0, 0.1) is 0 Å². The Bertz CT molecular complexity index is 1100. The summed E-state index contributed by atoms with van der Waals surface area (Å²) in [6.07, 6.45) is 7.08. The normalized spacial score (nSPS) is 22.4. The first-order valence-corrected chi connectivity index (χ1v) is 11.7. The minimum absolute atomic E-state index is 0.515. The lowest BCUT2D eigenvalue weighted by Gasteiger charge is -2.36. The Labute approximate surface area is 192 Å². The maximum Gasteiger partial charge on any atom is 0.246 e. The molecule has 5 aliphatic rings. The number of methoxy groups -OCH3 is 1. The van der Waals surface area contributed by atoms with Gasteiger partial charge < -0.3 is 14.5 Å². The van der Waals surface area contributed by atoms with E-state index >= 15 is 0 Å². The topological polar surface area (TPSA) is 93.1 Å². The van der Waals surface area contributed by atoms with Crippen LogP contribution >= 0.6 is 0 Å². The molecule has 0 N–H and O–H groups in total. The number of piperidine rings is 2. The second-order valence-electron chi connectivity index (χ2n) is 8.65. The molecule has 2 saturated heterocycles. The molecule has 0 atom stereocenters. The summed E-state index contributed by atoms with van der Waals surface area (Å²) in [6, 6.07) is 7.72. The van der Waals surface area contributed by atoms with Gasteiger partial charge in [-0.25, -0.2) is 4.90 Å². The molecule has 0 amide bonds. The minimum Gasteiger partial charge on any atom is -0.497 e. The van der Waals surface area contributed by atoms with Gasteiger partial charge in [-0.3, -0.25) is 0 Å². The molecule has 0 unspecified atom stereocenters. The van der Waals surface area contributed by atoms with Crippen molar-refractivity contribution in [3.63, 3.8) is 0 Å². The predicted octanol–water partition coefficient (Wildman–Crippen LogP) is 2.54. The number of guanidine groups is 5. The van der Waals surface area contributed by atoms with E-state index in [0.29, 0.717) is 35.6 Å². The monoisotopic (exact) mass is 445 g/mol. The fourth-order valence-corrected chi connectivity index (χ4v) is 4.61. The number of likely N-dealkylation sites (tertiary alicyclic amines) is 2. The quantitative estimate of drug-likeness (QED) is 0.699. The van der Waals surface area contributed by atoms with Gasteiger partial charge >= 0.3 is 0 Å². The molecule has 0 spiro atoms. The number of rotatable bonds is 2. The van der Waals surface area contributed by atoms with E-state index in [1.54, 1.807) is 12.0 Å². The Morgan fingerprint density at radius 3 is 1.61 bits per heavy atom. The molecule has 33 heavy (non-hydrogen) atoms. The molecule has 0 aliphatic carbocycles. The van der Waals surface area contributed by atoms with Crippen LogP contribution in [0.2, 0.25) is 0 Å². The predicted molar refractivity (Wildman–Crippen MR) is 129 cm³/mol. The van der Waals surface area contributed by atoms with Crippen LogP contribution in [0.4, 0.5) is 0 Å². The van der Waals surface area contributed by atoms with E-state index in [9.17, 15) is 0 Å². The maximum atomic E-state index is 5.30. The van der Waals surface area contributed by atoms with Crippen molar-refractivity contribution in [2.75, 3.05) is 33.3 Å². The molecule has 10 heteroatoms. The van der Waals surface area contributed by atoms with Crippen molar-refractivity contribution in [3.05, 3.63) is 29.8 Å². The first-order chi connectivity index (χ1) is 16.3. The standard InChI is InChI=1S/C23H27N9O/c1-33-17-10-8-16(9-11-17)18-24-21-26-19(30-12-4-2-5-13-30)28-23-29-20(27-22(25-18)32(21)23)31-14-6-3-7-15-31/h8-11H,2-7,12-15H2,1H3. The molecule has 5 heterocycles. The molecule has 6 rings (SSSR count). The highest BCUT2D eigenvalue weighted by molar-refractivity contribution is 6.31. The number of aliphatic imine (C=N–C) groups is 6. The second kappa shape index (κ2) is 8.42. The summed E-state index contributed by atoms with van der Waals surface area (Å²) in [7, 11) is 1.66. The zero-order chi connectivity index (χ0) is 22.2. The number of ether oxygens (including phenoxy) is 1. The number of hydrogen-bond donors (Lipinski definition) is 0. The zero-order valence-corrected chi connectivity index (χ0v) is 18.8. The van der Waals surface area contributed by atoms with Crippen LogP contribution in [0.3, 0.4) is 0 Å². The van der Waals surface area contributed by atoms with Gasteiger partial charge in [-0.15, -0.1) is 0 Å². The Balaban J connectivity index is 1.43. The largest absolute Gasteiger partial charge is 0.497 e. The Kier molecular flexibility index (Phi) is 5.12. The van der Waals surface area contributed by atoms with E-state index in [4.69, 9.17) is 34.7 Å². The molecule has 170 valence electrons. The van der Waals surface area contributed by atoms with Crippen molar-refractivity contribution in [2.45, 2.75) is 38.5 Å². The molecule has 0 saturated carbocycles. The number of amidine groups is 1. The van der Waals surface area contributed by atoms with Crippen LogP contribution in [0.25, 0.3) is 0 Å². The van der Waals surface area contributed by atoms with Gasteiger partial charge in [-0.2, -0.15) is 30.0 Å². The summed E-state index contributed by atoms with van der Waals surface area (Å²) in [5.41, 5.74) is 0.881. The van der Waals surface area contributed by atoms with Crippen LogP contribution in [0.15, 0.2) is 54.2 Å². The molecule has 1 aromatic carbocycles. The van der Waals surface area contributed by atoms with Crippen molar-refractivity contribution in [1.29, 1.82) is 0 Å². The van der Waals surface area contributed by atoms with Crippen molar-refractivity contribution < 1.29 is 4.74 Å². The summed E-state index contributed by atoms with van der Waals surface area (Å²) in [5, 5.41) is 0. The van der Waals surface area contributed by atoms with Crippen molar-refractivity contribution in [2.24, 2.45) is 30.0 Å². The smallest absolute Gasteiger partial charge is 0.246 e. The van der Waals surface area contributed by atoms with E-state index in [2.05, 4.69) is 9.80 Å². The summed E-state index contributed by atoms with van der Waals surface area (Å²) in [5.74, 6) is 4.30. The third-order valence-corrected chi connectivity index (χ3v) is 6.44. The average Bonchev–Trinajstić information content (AvgIpc) is 2.89.